The molecule has 0 atom stereocenters. The van der Waals surface area contributed by atoms with E-state index in [1.807, 2.05) is 13.0 Å². The highest BCUT2D eigenvalue weighted by molar-refractivity contribution is 6.18. The highest BCUT2D eigenvalue weighted by Gasteiger charge is 2.22. The fourth-order valence-electron chi connectivity index (χ4n) is 2.97. The molecule has 0 aliphatic heterocycles. The molecule has 118 valence electrons. The monoisotopic (exact) mass is 310 g/mol. The number of aryl methyl sites for hydroxylation is 1. The molecule has 0 unspecified atom stereocenters. The molecule has 0 aliphatic rings. The zero-order valence-corrected chi connectivity index (χ0v) is 13.4. The van der Waals surface area contributed by atoms with Gasteiger partial charge in [0, 0.05) is 35.5 Å². The highest BCUT2D eigenvalue weighted by Crippen LogP contribution is 2.29. The van der Waals surface area contributed by atoms with Gasteiger partial charge in [-0.3, -0.25) is 14.4 Å². The van der Waals surface area contributed by atoms with Crippen LogP contribution >= 0.6 is 0 Å². The minimum Gasteiger partial charge on any atom is -0.364 e. The molecule has 5 nitrogen and oxygen atoms in total. The maximum Gasteiger partial charge on any atom is 0.202 e. The third kappa shape index (κ3) is 2.20. The van der Waals surface area contributed by atoms with Crippen LogP contribution in [0, 0.1) is 6.92 Å². The van der Waals surface area contributed by atoms with Crippen molar-refractivity contribution in [1.82, 2.24) is 9.97 Å². The molecule has 0 fully saturated rings. The van der Waals surface area contributed by atoms with Crippen LogP contribution in [0.4, 0.5) is 0 Å². The molecule has 0 aliphatic carbocycles. The van der Waals surface area contributed by atoms with Crippen LogP contribution in [0.3, 0.4) is 0 Å². The van der Waals surface area contributed by atoms with Crippen molar-refractivity contribution < 1.29 is 9.59 Å². The summed E-state index contributed by atoms with van der Waals surface area (Å²) in [7, 11) is 0. The predicted octanol–water partition coefficient (Wildman–Crippen LogP) is 3.50. The van der Waals surface area contributed by atoms with Crippen LogP contribution < -0.4 is 5.43 Å². The molecule has 0 spiro atoms. The number of H-pyrrole nitrogens is 2. The number of rotatable bonds is 4. The minimum absolute atomic E-state index is 0.0948. The van der Waals surface area contributed by atoms with Crippen LogP contribution in [0.2, 0.25) is 0 Å². The molecule has 2 heterocycles. The van der Waals surface area contributed by atoms with Crippen molar-refractivity contribution in [3.8, 4) is 0 Å². The number of benzene rings is 1. The molecule has 0 bridgehead atoms. The second kappa shape index (κ2) is 5.50. The zero-order chi connectivity index (χ0) is 16.7. The van der Waals surface area contributed by atoms with E-state index in [0.29, 0.717) is 5.52 Å². The summed E-state index contributed by atoms with van der Waals surface area (Å²) in [5.41, 5.74) is 2.00. The van der Waals surface area contributed by atoms with E-state index in [4.69, 9.17) is 0 Å². The largest absolute Gasteiger partial charge is 0.364 e. The fourth-order valence-corrected chi connectivity index (χ4v) is 2.97. The first kappa shape index (κ1) is 15.2. The van der Waals surface area contributed by atoms with Crippen LogP contribution in [0.25, 0.3) is 21.8 Å². The summed E-state index contributed by atoms with van der Waals surface area (Å²) in [5, 5.41) is 1.64. The van der Waals surface area contributed by atoms with Crippen LogP contribution in [0.5, 0.6) is 0 Å². The molecular weight excluding hydrogens is 292 g/mol. The first-order chi connectivity index (χ1) is 11.0. The molecule has 2 N–H and O–H groups in total. The van der Waals surface area contributed by atoms with Gasteiger partial charge in [0.15, 0.2) is 11.6 Å². The number of carbonyl (C=O) groups is 2. The van der Waals surface area contributed by atoms with Crippen molar-refractivity contribution >= 4 is 33.4 Å². The fraction of sp³-hybridized carbons (Fsp3) is 0.278. The van der Waals surface area contributed by atoms with E-state index in [1.165, 1.54) is 0 Å². The molecule has 2 aromatic heterocycles. The lowest BCUT2D eigenvalue weighted by Gasteiger charge is -2.04. The lowest BCUT2D eigenvalue weighted by atomic mass is 9.97. The normalized spacial score (nSPS) is 11.3. The summed E-state index contributed by atoms with van der Waals surface area (Å²) >= 11 is 0. The minimum atomic E-state index is -0.468. The van der Waals surface area contributed by atoms with E-state index < -0.39 is 5.43 Å². The number of hydrogen-bond acceptors (Lipinski definition) is 3. The number of Topliss-reactive ketones (excluding diaryl/α,β-unsaturated/α-hetero) is 2. The van der Waals surface area contributed by atoms with E-state index >= 15 is 0 Å². The zero-order valence-electron chi connectivity index (χ0n) is 13.4. The molecule has 3 aromatic rings. The second-order valence-electron chi connectivity index (χ2n) is 5.62. The van der Waals surface area contributed by atoms with Crippen LogP contribution in [0.1, 0.15) is 53.1 Å². The number of aromatic nitrogens is 2. The van der Waals surface area contributed by atoms with Crippen LogP contribution in [-0.2, 0) is 0 Å². The van der Waals surface area contributed by atoms with Gasteiger partial charge in [-0.15, -0.1) is 0 Å². The van der Waals surface area contributed by atoms with Crippen molar-refractivity contribution in [3.05, 3.63) is 45.4 Å². The smallest absolute Gasteiger partial charge is 0.202 e. The molecule has 23 heavy (non-hydrogen) atoms. The SMILES string of the molecule is CCC(=O)c1cc2c([nH]c3c(C)[nH]ccc32)c(C(=O)CC)c1=O. The van der Waals surface area contributed by atoms with E-state index in [9.17, 15) is 14.4 Å². The standard InChI is InChI=1S/C18H18N2O3/c1-4-13(21)12-8-11-10-6-7-19-9(3)16(10)20-17(11)15(18(12)23)14(22)5-2/h6-8,19-20H,4-5H2,1-3H3. The van der Waals surface area contributed by atoms with Crippen molar-refractivity contribution in [2.24, 2.45) is 0 Å². The summed E-state index contributed by atoms with van der Waals surface area (Å²) in [4.78, 5) is 43.4. The van der Waals surface area contributed by atoms with E-state index in [2.05, 4.69) is 9.97 Å². The van der Waals surface area contributed by atoms with Crippen LogP contribution in [-0.4, -0.2) is 21.5 Å². The van der Waals surface area contributed by atoms with Gasteiger partial charge in [-0.05, 0) is 19.1 Å². The first-order valence-electron chi connectivity index (χ1n) is 7.72. The Morgan fingerprint density at radius 1 is 1.04 bits per heavy atom. The summed E-state index contributed by atoms with van der Waals surface area (Å²) in [6, 6.07) is 3.50. The van der Waals surface area contributed by atoms with E-state index in [0.717, 1.165) is 22.0 Å². The molecule has 3 rings (SSSR count). The Kier molecular flexibility index (Phi) is 3.64. The first-order valence-corrected chi connectivity index (χ1v) is 7.72. The molecule has 0 saturated carbocycles. The van der Waals surface area contributed by atoms with Gasteiger partial charge >= 0.3 is 0 Å². The molecule has 5 heteroatoms. The molecule has 1 aromatic carbocycles. The number of fused-ring (bicyclic) bond motifs is 3. The summed E-state index contributed by atoms with van der Waals surface area (Å²) < 4.78 is 0. The summed E-state index contributed by atoms with van der Waals surface area (Å²) in [5.74, 6) is -0.491. The Bertz CT molecular complexity index is 1010. The topological polar surface area (TPSA) is 82.8 Å². The number of ketones is 2. The number of hydrogen-bond donors (Lipinski definition) is 2. The number of carbonyl (C=O) groups excluding carboxylic acids is 2. The lowest BCUT2D eigenvalue weighted by Crippen LogP contribution is -2.22. The van der Waals surface area contributed by atoms with Gasteiger partial charge < -0.3 is 9.97 Å². The maximum absolute atomic E-state index is 12.7. The summed E-state index contributed by atoms with van der Waals surface area (Å²) in [6.07, 6.45) is 2.25. The van der Waals surface area contributed by atoms with Gasteiger partial charge in [-0.1, -0.05) is 13.8 Å². The number of aromatic amines is 2. The van der Waals surface area contributed by atoms with Gasteiger partial charge in [-0.25, -0.2) is 0 Å². The number of nitrogens with one attached hydrogen (secondary N) is 2. The van der Waals surface area contributed by atoms with E-state index in [1.54, 1.807) is 26.1 Å². The lowest BCUT2D eigenvalue weighted by molar-refractivity contribution is 0.0987. The van der Waals surface area contributed by atoms with Crippen molar-refractivity contribution in [2.75, 3.05) is 0 Å². The molecule has 0 radical (unpaired) electrons. The Morgan fingerprint density at radius 2 is 1.74 bits per heavy atom. The van der Waals surface area contributed by atoms with E-state index in [-0.39, 0.29) is 35.5 Å². The average molecular weight is 310 g/mol. The Labute approximate surface area is 132 Å². The highest BCUT2D eigenvalue weighted by atomic mass is 16.1. The maximum atomic E-state index is 12.7. The Morgan fingerprint density at radius 3 is 2.39 bits per heavy atom. The predicted molar refractivity (Wildman–Crippen MR) is 90.4 cm³/mol. The third-order valence-corrected chi connectivity index (χ3v) is 4.24. The average Bonchev–Trinajstić information content (AvgIpc) is 2.92. The third-order valence-electron chi connectivity index (χ3n) is 4.24. The van der Waals surface area contributed by atoms with Crippen LogP contribution in [0.15, 0.2) is 23.1 Å². The van der Waals surface area contributed by atoms with Gasteiger partial charge in [0.1, 0.15) is 0 Å². The Hall–Kier alpha value is -2.69. The van der Waals surface area contributed by atoms with Gasteiger partial charge in [0.25, 0.3) is 0 Å². The van der Waals surface area contributed by atoms with Gasteiger partial charge in [-0.2, -0.15) is 0 Å². The van der Waals surface area contributed by atoms with Crippen molar-refractivity contribution in [1.29, 1.82) is 0 Å². The van der Waals surface area contributed by atoms with Crippen molar-refractivity contribution in [3.63, 3.8) is 0 Å². The van der Waals surface area contributed by atoms with Gasteiger partial charge in [0.05, 0.1) is 22.2 Å². The molecule has 0 amide bonds. The van der Waals surface area contributed by atoms with Crippen molar-refractivity contribution in [2.45, 2.75) is 33.6 Å². The van der Waals surface area contributed by atoms with Gasteiger partial charge in [0.2, 0.25) is 5.43 Å². The summed E-state index contributed by atoms with van der Waals surface area (Å²) in [6.45, 7) is 5.33. The Balaban J connectivity index is 2.55. The molecule has 0 saturated heterocycles. The molecular formula is C18H18N2O3. The quantitative estimate of drug-likeness (QED) is 0.723. The number of pyridine rings is 1. The second-order valence-corrected chi connectivity index (χ2v) is 5.62.